The molecule has 1 aromatic heterocycles. The van der Waals surface area contributed by atoms with E-state index in [2.05, 4.69) is 14.9 Å². The van der Waals surface area contributed by atoms with Crippen molar-refractivity contribution in [2.75, 3.05) is 19.7 Å². The van der Waals surface area contributed by atoms with Gasteiger partial charge in [-0.25, -0.2) is 13.8 Å². The van der Waals surface area contributed by atoms with Crippen LogP contribution in [-0.2, 0) is 11.3 Å². The van der Waals surface area contributed by atoms with Gasteiger partial charge in [-0.15, -0.1) is 0 Å². The van der Waals surface area contributed by atoms with E-state index in [0.29, 0.717) is 31.8 Å². The Kier molecular flexibility index (Phi) is 3.98. The predicted molar refractivity (Wildman–Crippen MR) is 73.7 cm³/mol. The van der Waals surface area contributed by atoms with E-state index in [1.807, 2.05) is 6.92 Å². The zero-order valence-electron chi connectivity index (χ0n) is 11.8. The Morgan fingerprint density at radius 3 is 3.00 bits per heavy atom. The standard InChI is InChI=1S/C15H17F2N3O/c1-10-7-18-15(19-10)14-9-20(4-5-21-14)8-11-2-3-12(16)6-13(11)17/h2-3,6-7,14H,4-5,8-9H2,1H3,(H,18,19)/t14-/m0/s1. The van der Waals surface area contributed by atoms with Crippen molar-refractivity contribution in [3.8, 4) is 0 Å². The number of imidazole rings is 1. The van der Waals surface area contributed by atoms with Crippen LogP contribution >= 0.6 is 0 Å². The smallest absolute Gasteiger partial charge is 0.136 e. The van der Waals surface area contributed by atoms with Gasteiger partial charge in [0.25, 0.3) is 0 Å². The summed E-state index contributed by atoms with van der Waals surface area (Å²) in [6, 6.07) is 3.70. The van der Waals surface area contributed by atoms with Crippen molar-refractivity contribution < 1.29 is 13.5 Å². The van der Waals surface area contributed by atoms with Gasteiger partial charge < -0.3 is 9.72 Å². The first kappa shape index (κ1) is 14.2. The SMILES string of the molecule is Cc1cnc([C@@H]2CN(Cc3ccc(F)cc3F)CCO2)[nH]1. The molecular weight excluding hydrogens is 276 g/mol. The lowest BCUT2D eigenvalue weighted by molar-refractivity contribution is -0.0371. The molecule has 3 rings (SSSR count). The highest BCUT2D eigenvalue weighted by atomic mass is 19.1. The van der Waals surface area contributed by atoms with E-state index in [1.165, 1.54) is 12.1 Å². The van der Waals surface area contributed by atoms with Crippen LogP contribution in [0.25, 0.3) is 0 Å². The summed E-state index contributed by atoms with van der Waals surface area (Å²) in [6.07, 6.45) is 1.62. The van der Waals surface area contributed by atoms with Crippen molar-refractivity contribution in [3.05, 3.63) is 53.1 Å². The highest BCUT2D eigenvalue weighted by Crippen LogP contribution is 2.22. The summed E-state index contributed by atoms with van der Waals surface area (Å²) < 4.78 is 32.3. The highest BCUT2D eigenvalue weighted by Gasteiger charge is 2.24. The van der Waals surface area contributed by atoms with Gasteiger partial charge in [-0.3, -0.25) is 4.90 Å². The van der Waals surface area contributed by atoms with Gasteiger partial charge in [0.15, 0.2) is 0 Å². The zero-order chi connectivity index (χ0) is 14.8. The van der Waals surface area contributed by atoms with Crippen molar-refractivity contribution in [3.63, 3.8) is 0 Å². The number of H-pyrrole nitrogens is 1. The third-order valence-electron chi connectivity index (χ3n) is 3.59. The molecule has 0 spiro atoms. The fourth-order valence-electron chi connectivity index (χ4n) is 2.50. The number of morpholine rings is 1. The van der Waals surface area contributed by atoms with Crippen LogP contribution in [0.1, 0.15) is 23.2 Å². The molecule has 0 saturated carbocycles. The summed E-state index contributed by atoms with van der Waals surface area (Å²) in [4.78, 5) is 9.53. The molecule has 21 heavy (non-hydrogen) atoms. The van der Waals surface area contributed by atoms with Crippen molar-refractivity contribution in [1.29, 1.82) is 0 Å². The molecule has 2 aromatic rings. The number of hydrogen-bond donors (Lipinski definition) is 1. The van der Waals surface area contributed by atoms with Gasteiger partial charge in [0.2, 0.25) is 0 Å². The number of benzene rings is 1. The van der Waals surface area contributed by atoms with Crippen molar-refractivity contribution in [2.24, 2.45) is 0 Å². The van der Waals surface area contributed by atoms with E-state index in [9.17, 15) is 8.78 Å². The van der Waals surface area contributed by atoms with Crippen LogP contribution in [0.2, 0.25) is 0 Å². The molecule has 0 amide bonds. The number of halogens is 2. The maximum Gasteiger partial charge on any atom is 0.136 e. The minimum Gasteiger partial charge on any atom is -0.368 e. The Hall–Kier alpha value is -1.79. The highest BCUT2D eigenvalue weighted by molar-refractivity contribution is 5.18. The van der Waals surface area contributed by atoms with Crippen molar-refractivity contribution >= 4 is 0 Å². The molecule has 0 unspecified atom stereocenters. The summed E-state index contributed by atoms with van der Waals surface area (Å²) in [6.45, 7) is 4.28. The second kappa shape index (κ2) is 5.91. The van der Waals surface area contributed by atoms with Gasteiger partial charge in [-0.05, 0) is 13.0 Å². The van der Waals surface area contributed by atoms with E-state index >= 15 is 0 Å². The summed E-state index contributed by atoms with van der Waals surface area (Å²) in [5.74, 6) is -0.272. The van der Waals surface area contributed by atoms with Gasteiger partial charge >= 0.3 is 0 Å². The molecule has 2 heterocycles. The number of ether oxygens (including phenoxy) is 1. The molecule has 0 bridgehead atoms. The minimum atomic E-state index is -0.554. The van der Waals surface area contributed by atoms with Gasteiger partial charge in [-0.1, -0.05) is 6.07 Å². The third kappa shape index (κ3) is 3.28. The number of nitrogens with zero attached hydrogens (tertiary/aromatic N) is 2. The van der Waals surface area contributed by atoms with Crippen LogP contribution in [0.3, 0.4) is 0 Å². The molecule has 0 radical (unpaired) electrons. The van der Waals surface area contributed by atoms with Gasteiger partial charge in [0.1, 0.15) is 23.6 Å². The molecule has 6 heteroatoms. The van der Waals surface area contributed by atoms with Gasteiger partial charge in [-0.2, -0.15) is 0 Å². The lowest BCUT2D eigenvalue weighted by Crippen LogP contribution is -2.38. The van der Waals surface area contributed by atoms with Crippen LogP contribution in [0.5, 0.6) is 0 Å². The maximum absolute atomic E-state index is 13.7. The molecule has 1 aromatic carbocycles. The molecule has 1 fully saturated rings. The Morgan fingerprint density at radius 2 is 2.29 bits per heavy atom. The average molecular weight is 293 g/mol. The van der Waals surface area contributed by atoms with Crippen molar-refractivity contribution in [2.45, 2.75) is 19.6 Å². The fourth-order valence-corrected chi connectivity index (χ4v) is 2.50. The Bertz CT molecular complexity index is 629. The van der Waals surface area contributed by atoms with Crippen molar-refractivity contribution in [1.82, 2.24) is 14.9 Å². The molecule has 1 aliphatic heterocycles. The number of aromatic amines is 1. The lowest BCUT2D eigenvalue weighted by atomic mass is 10.1. The molecule has 1 N–H and O–H groups in total. The average Bonchev–Trinajstić information content (AvgIpc) is 2.89. The zero-order valence-corrected chi connectivity index (χ0v) is 11.8. The summed E-state index contributed by atoms with van der Waals surface area (Å²) >= 11 is 0. The normalized spacial score (nSPS) is 19.9. The largest absolute Gasteiger partial charge is 0.368 e. The van der Waals surface area contributed by atoms with Crippen LogP contribution in [-0.4, -0.2) is 34.6 Å². The van der Waals surface area contributed by atoms with Crippen LogP contribution in [0.15, 0.2) is 24.4 Å². The van der Waals surface area contributed by atoms with Crippen LogP contribution < -0.4 is 0 Å². The number of nitrogens with one attached hydrogen (secondary N) is 1. The van der Waals surface area contributed by atoms with Crippen LogP contribution in [0, 0.1) is 18.6 Å². The Morgan fingerprint density at radius 1 is 1.43 bits per heavy atom. The number of aromatic nitrogens is 2. The second-order valence-corrected chi connectivity index (χ2v) is 5.28. The van der Waals surface area contributed by atoms with E-state index in [0.717, 1.165) is 17.6 Å². The van der Waals surface area contributed by atoms with Crippen LogP contribution in [0.4, 0.5) is 8.78 Å². The topological polar surface area (TPSA) is 41.2 Å². The molecule has 1 saturated heterocycles. The molecular formula is C15H17F2N3O. The lowest BCUT2D eigenvalue weighted by Gasteiger charge is -2.32. The quantitative estimate of drug-likeness (QED) is 0.945. The number of hydrogen-bond acceptors (Lipinski definition) is 3. The molecule has 1 aliphatic rings. The summed E-state index contributed by atoms with van der Waals surface area (Å²) in [5.41, 5.74) is 1.47. The molecule has 0 aliphatic carbocycles. The Labute approximate surface area is 121 Å². The van der Waals surface area contributed by atoms with Gasteiger partial charge in [0.05, 0.1) is 6.61 Å². The first-order valence-corrected chi connectivity index (χ1v) is 6.91. The third-order valence-corrected chi connectivity index (χ3v) is 3.59. The summed E-state index contributed by atoms with van der Waals surface area (Å²) in [7, 11) is 0. The monoisotopic (exact) mass is 293 g/mol. The maximum atomic E-state index is 13.7. The van der Waals surface area contributed by atoms with E-state index in [4.69, 9.17) is 4.74 Å². The Balaban J connectivity index is 1.68. The number of aryl methyl sites for hydroxylation is 1. The van der Waals surface area contributed by atoms with E-state index in [-0.39, 0.29) is 6.10 Å². The number of rotatable bonds is 3. The first-order valence-electron chi connectivity index (χ1n) is 6.91. The summed E-state index contributed by atoms with van der Waals surface area (Å²) in [5, 5.41) is 0. The molecule has 112 valence electrons. The second-order valence-electron chi connectivity index (χ2n) is 5.28. The fraction of sp³-hybridized carbons (Fsp3) is 0.400. The van der Waals surface area contributed by atoms with Gasteiger partial charge in [0, 0.05) is 43.2 Å². The first-order chi connectivity index (χ1) is 10.1. The van der Waals surface area contributed by atoms with E-state index in [1.54, 1.807) is 6.20 Å². The minimum absolute atomic E-state index is 0.143. The molecule has 4 nitrogen and oxygen atoms in total. The molecule has 1 atom stereocenters. The van der Waals surface area contributed by atoms with E-state index < -0.39 is 11.6 Å². The predicted octanol–water partition coefficient (Wildman–Crippen LogP) is 2.57.